The van der Waals surface area contributed by atoms with Gasteiger partial charge in [-0.15, -0.1) is 0 Å². The van der Waals surface area contributed by atoms with Gasteiger partial charge in [-0.3, -0.25) is 0 Å². The van der Waals surface area contributed by atoms with E-state index >= 15 is 0 Å². The van der Waals surface area contributed by atoms with E-state index in [2.05, 4.69) is 0 Å². The summed E-state index contributed by atoms with van der Waals surface area (Å²) in [6.07, 6.45) is -11.9. The molecular formula is C11H9ClF6. The van der Waals surface area contributed by atoms with Crippen LogP contribution >= 0.6 is 11.6 Å². The van der Waals surface area contributed by atoms with Crippen LogP contribution in [0.5, 0.6) is 0 Å². The van der Waals surface area contributed by atoms with Gasteiger partial charge in [0.15, 0.2) is 5.41 Å². The molecule has 0 nitrogen and oxygen atoms in total. The van der Waals surface area contributed by atoms with Crippen molar-refractivity contribution in [2.24, 2.45) is 5.41 Å². The summed E-state index contributed by atoms with van der Waals surface area (Å²) < 4.78 is 75.7. The normalized spacial score (nSPS) is 13.8. The first kappa shape index (κ1) is 15.1. The largest absolute Gasteiger partial charge is 0.403 e. The van der Waals surface area contributed by atoms with Gasteiger partial charge in [-0.1, -0.05) is 23.7 Å². The van der Waals surface area contributed by atoms with Gasteiger partial charge in [-0.05, 0) is 31.0 Å². The summed E-state index contributed by atoms with van der Waals surface area (Å²) >= 11 is 5.52. The molecule has 1 aromatic carbocycles. The monoisotopic (exact) mass is 290 g/mol. The summed E-state index contributed by atoms with van der Waals surface area (Å²) in [6, 6.07) is 4.81. The highest BCUT2D eigenvalue weighted by molar-refractivity contribution is 6.30. The zero-order valence-corrected chi connectivity index (χ0v) is 9.92. The standard InChI is InChI=1S/C11H9ClF6/c1-9(10(13,14)15,11(16,17)18)6-7-2-4-8(12)5-3-7/h2-5H,6H2,1H3. The summed E-state index contributed by atoms with van der Waals surface area (Å²) in [5, 5.41) is 0.250. The summed E-state index contributed by atoms with van der Waals surface area (Å²) in [5.41, 5.74) is -3.84. The molecule has 1 aromatic rings. The lowest BCUT2D eigenvalue weighted by Gasteiger charge is -2.34. The van der Waals surface area contributed by atoms with E-state index in [-0.39, 0.29) is 17.5 Å². The van der Waals surface area contributed by atoms with Crippen molar-refractivity contribution < 1.29 is 26.3 Å². The molecule has 0 saturated carbocycles. The highest BCUT2D eigenvalue weighted by Crippen LogP contribution is 2.51. The predicted octanol–water partition coefficient (Wildman–Crippen LogP) is 5.01. The SMILES string of the molecule is CC(Cc1ccc(Cl)cc1)(C(F)(F)F)C(F)(F)F. The van der Waals surface area contributed by atoms with Gasteiger partial charge in [0.25, 0.3) is 0 Å². The Morgan fingerprint density at radius 3 is 1.61 bits per heavy atom. The molecule has 0 N–H and O–H groups in total. The number of hydrogen-bond donors (Lipinski definition) is 0. The van der Waals surface area contributed by atoms with E-state index in [0.29, 0.717) is 0 Å². The molecule has 102 valence electrons. The predicted molar refractivity (Wildman–Crippen MR) is 55.4 cm³/mol. The minimum Gasteiger partial charge on any atom is -0.170 e. The van der Waals surface area contributed by atoms with Gasteiger partial charge in [0, 0.05) is 5.02 Å². The van der Waals surface area contributed by atoms with Crippen LogP contribution in [0.4, 0.5) is 26.3 Å². The molecule has 7 heteroatoms. The highest BCUT2D eigenvalue weighted by atomic mass is 35.5. The number of alkyl halides is 6. The first-order valence-corrected chi connectivity index (χ1v) is 5.23. The Kier molecular flexibility index (Phi) is 3.91. The second kappa shape index (κ2) is 4.64. The first-order valence-electron chi connectivity index (χ1n) is 4.85. The molecule has 0 heterocycles. The van der Waals surface area contributed by atoms with Crippen LogP contribution in [-0.4, -0.2) is 12.4 Å². The van der Waals surface area contributed by atoms with Crippen molar-refractivity contribution in [1.82, 2.24) is 0 Å². The van der Waals surface area contributed by atoms with Crippen molar-refractivity contribution in [2.45, 2.75) is 25.7 Å². The molecule has 0 spiro atoms. The van der Waals surface area contributed by atoms with Crippen molar-refractivity contribution in [1.29, 1.82) is 0 Å². The van der Waals surface area contributed by atoms with Crippen LogP contribution in [0, 0.1) is 5.41 Å². The molecule has 0 bridgehead atoms. The van der Waals surface area contributed by atoms with Crippen molar-refractivity contribution in [2.75, 3.05) is 0 Å². The topological polar surface area (TPSA) is 0 Å². The fourth-order valence-corrected chi connectivity index (χ4v) is 1.50. The minimum absolute atomic E-state index is 0.0726. The summed E-state index contributed by atoms with van der Waals surface area (Å²) in [7, 11) is 0. The Bertz CT molecular complexity index is 389. The average Bonchev–Trinajstić information content (AvgIpc) is 2.18. The molecule has 0 amide bonds. The number of benzene rings is 1. The molecule has 0 aliphatic heterocycles. The van der Waals surface area contributed by atoms with Crippen LogP contribution in [0.3, 0.4) is 0 Å². The lowest BCUT2D eigenvalue weighted by atomic mass is 9.82. The van der Waals surface area contributed by atoms with Crippen LogP contribution in [-0.2, 0) is 6.42 Å². The maximum Gasteiger partial charge on any atom is 0.403 e. The van der Waals surface area contributed by atoms with Crippen LogP contribution in [0.1, 0.15) is 12.5 Å². The highest BCUT2D eigenvalue weighted by Gasteiger charge is 2.67. The molecular weight excluding hydrogens is 282 g/mol. The fourth-order valence-electron chi connectivity index (χ4n) is 1.37. The van der Waals surface area contributed by atoms with Gasteiger partial charge in [0.1, 0.15) is 0 Å². The minimum atomic E-state index is -5.37. The molecule has 1 rings (SSSR count). The van der Waals surface area contributed by atoms with Crippen molar-refractivity contribution in [3.05, 3.63) is 34.9 Å². The smallest absolute Gasteiger partial charge is 0.170 e. The number of rotatable bonds is 2. The molecule has 0 aliphatic carbocycles. The molecule has 0 aliphatic rings. The van der Waals surface area contributed by atoms with Gasteiger partial charge >= 0.3 is 12.4 Å². The molecule has 0 radical (unpaired) electrons. The Hall–Kier alpha value is -0.910. The van der Waals surface area contributed by atoms with E-state index in [1.165, 1.54) is 12.1 Å². The molecule has 0 unspecified atom stereocenters. The third-order valence-electron chi connectivity index (χ3n) is 2.72. The van der Waals surface area contributed by atoms with E-state index in [1.807, 2.05) is 0 Å². The van der Waals surface area contributed by atoms with Gasteiger partial charge in [0.2, 0.25) is 0 Å². The lowest BCUT2D eigenvalue weighted by molar-refractivity contribution is -0.334. The molecule has 18 heavy (non-hydrogen) atoms. The summed E-state index contributed by atoms with van der Waals surface area (Å²) in [4.78, 5) is 0. The van der Waals surface area contributed by atoms with E-state index in [4.69, 9.17) is 11.6 Å². The Balaban J connectivity index is 3.12. The van der Waals surface area contributed by atoms with Gasteiger partial charge in [0.05, 0.1) is 0 Å². The zero-order valence-electron chi connectivity index (χ0n) is 9.16. The first-order chi connectivity index (χ1) is 7.97. The van der Waals surface area contributed by atoms with Gasteiger partial charge < -0.3 is 0 Å². The second-order valence-electron chi connectivity index (χ2n) is 4.13. The Morgan fingerprint density at radius 1 is 0.889 bits per heavy atom. The summed E-state index contributed by atoms with van der Waals surface area (Å²) in [6.45, 7) is 0.154. The van der Waals surface area contributed by atoms with Crippen LogP contribution in [0.15, 0.2) is 24.3 Å². The maximum absolute atomic E-state index is 12.6. The number of halogens is 7. The van der Waals surface area contributed by atoms with Crippen molar-refractivity contribution >= 4 is 11.6 Å². The third-order valence-corrected chi connectivity index (χ3v) is 2.97. The van der Waals surface area contributed by atoms with Crippen molar-refractivity contribution in [3.63, 3.8) is 0 Å². The average molecular weight is 291 g/mol. The van der Waals surface area contributed by atoms with Crippen LogP contribution in [0.2, 0.25) is 5.02 Å². The molecule has 0 aromatic heterocycles. The van der Waals surface area contributed by atoms with E-state index in [9.17, 15) is 26.3 Å². The van der Waals surface area contributed by atoms with Crippen LogP contribution < -0.4 is 0 Å². The third kappa shape index (κ3) is 2.91. The van der Waals surface area contributed by atoms with Crippen molar-refractivity contribution in [3.8, 4) is 0 Å². The molecule has 0 fully saturated rings. The Labute approximate surface area is 105 Å². The van der Waals surface area contributed by atoms with Crippen LogP contribution in [0.25, 0.3) is 0 Å². The molecule has 0 saturated heterocycles. The lowest BCUT2D eigenvalue weighted by Crippen LogP contribution is -2.49. The van der Waals surface area contributed by atoms with Gasteiger partial charge in [-0.25, -0.2) is 0 Å². The Morgan fingerprint density at radius 2 is 1.28 bits per heavy atom. The fraction of sp³-hybridized carbons (Fsp3) is 0.455. The maximum atomic E-state index is 12.6. The number of hydrogen-bond acceptors (Lipinski definition) is 0. The zero-order chi connectivity index (χ0) is 14.2. The van der Waals surface area contributed by atoms with E-state index < -0.39 is 24.2 Å². The van der Waals surface area contributed by atoms with E-state index in [1.54, 1.807) is 0 Å². The van der Waals surface area contributed by atoms with E-state index in [0.717, 1.165) is 12.1 Å². The second-order valence-corrected chi connectivity index (χ2v) is 4.57. The van der Waals surface area contributed by atoms with Gasteiger partial charge in [-0.2, -0.15) is 26.3 Å². The summed E-state index contributed by atoms with van der Waals surface area (Å²) in [5.74, 6) is 0. The quantitative estimate of drug-likeness (QED) is 0.671. The molecule has 0 atom stereocenters.